The van der Waals surface area contributed by atoms with Gasteiger partial charge in [-0.05, 0) is 154 Å². The van der Waals surface area contributed by atoms with E-state index in [4.69, 9.17) is 0 Å². The van der Waals surface area contributed by atoms with Crippen molar-refractivity contribution in [2.75, 3.05) is 4.90 Å². The molecule has 0 radical (unpaired) electrons. The molecule has 3 aliphatic carbocycles. The van der Waals surface area contributed by atoms with Gasteiger partial charge in [-0.25, -0.2) is 0 Å². The lowest BCUT2D eigenvalue weighted by molar-refractivity contribution is 0.450. The Balaban J connectivity index is 1.09. The van der Waals surface area contributed by atoms with Crippen LogP contribution in [0.2, 0.25) is 0 Å². The van der Waals surface area contributed by atoms with E-state index in [0.29, 0.717) is 0 Å². The van der Waals surface area contributed by atoms with E-state index in [-0.39, 0.29) is 17.8 Å². The first-order valence-corrected chi connectivity index (χ1v) is 27.3. The minimum atomic E-state index is -0.585. The normalized spacial score (nSPS) is 22.2. The molecular formula is C69H49NS2. The molecule has 3 heterocycles. The standard InChI is InChI=1S/C69H49NS2/c1-39-61-40(2)66-65(55-35-43(32-34-59(55)71-66)42-19-7-5-8-20-42)68(4)63(61)41(3)64-62(39)52-27-15-16-28-56(52)69(64)57-29-17-18-30-60(57)72-67-53(37-46(38-58(67)69)70(68)45-21-9-6-10-22-45)44-31-33-51-49-25-12-11-23-47(49)48-24-13-14-26-50(48)54(51)36-44/h5-41H,1-4H3. The maximum absolute atomic E-state index is 2.81. The molecule has 0 N–H and O–H groups in total. The Bertz CT molecular complexity index is 4230. The minimum Gasteiger partial charge on any atom is -0.328 e. The summed E-state index contributed by atoms with van der Waals surface area (Å²) in [6.07, 6.45) is 0. The predicted molar refractivity (Wildman–Crippen MR) is 305 cm³/mol. The van der Waals surface area contributed by atoms with E-state index >= 15 is 0 Å². The lowest BCUT2D eigenvalue weighted by Gasteiger charge is -2.54. The van der Waals surface area contributed by atoms with Crippen LogP contribution in [0.25, 0.3) is 70.2 Å². The number of para-hydroxylation sites is 1. The zero-order valence-corrected chi connectivity index (χ0v) is 42.3. The van der Waals surface area contributed by atoms with Gasteiger partial charge in [0.15, 0.2) is 0 Å². The van der Waals surface area contributed by atoms with Crippen LogP contribution >= 0.6 is 23.1 Å². The summed E-state index contributed by atoms with van der Waals surface area (Å²) in [4.78, 5) is 7.00. The van der Waals surface area contributed by atoms with E-state index < -0.39 is 11.0 Å². The number of nitrogens with zero attached hydrogens (tertiary/aromatic N) is 1. The highest BCUT2D eigenvalue weighted by atomic mass is 32.2. The second-order valence-electron chi connectivity index (χ2n) is 21.1. The molecule has 16 rings (SSSR count). The molecule has 5 aliphatic rings. The van der Waals surface area contributed by atoms with Gasteiger partial charge in [-0.2, -0.15) is 0 Å². The third kappa shape index (κ3) is 5.06. The maximum Gasteiger partial charge on any atom is 0.0912 e. The lowest BCUT2D eigenvalue weighted by Crippen LogP contribution is -2.49. The molecule has 2 aliphatic heterocycles. The van der Waals surface area contributed by atoms with Gasteiger partial charge in [-0.15, -0.1) is 11.3 Å². The third-order valence-electron chi connectivity index (χ3n) is 17.8. The first-order valence-electron chi connectivity index (χ1n) is 25.7. The number of thiophene rings is 1. The molecule has 72 heavy (non-hydrogen) atoms. The van der Waals surface area contributed by atoms with Gasteiger partial charge in [-0.3, -0.25) is 0 Å². The average molecular weight is 956 g/mol. The number of hydrogen-bond acceptors (Lipinski definition) is 3. The molecule has 4 bridgehead atoms. The second kappa shape index (κ2) is 14.6. The van der Waals surface area contributed by atoms with Crippen molar-refractivity contribution in [2.24, 2.45) is 11.8 Å². The van der Waals surface area contributed by atoms with Crippen molar-refractivity contribution < 1.29 is 0 Å². The van der Waals surface area contributed by atoms with Crippen LogP contribution in [-0.2, 0) is 11.0 Å². The van der Waals surface area contributed by atoms with Gasteiger partial charge in [0.2, 0.25) is 0 Å². The topological polar surface area (TPSA) is 3.24 Å². The third-order valence-corrected chi connectivity index (χ3v) is 20.4. The highest BCUT2D eigenvalue weighted by molar-refractivity contribution is 7.99. The summed E-state index contributed by atoms with van der Waals surface area (Å²) in [6.45, 7) is 10.3. The van der Waals surface area contributed by atoms with Crippen molar-refractivity contribution >= 4 is 82.5 Å². The summed E-state index contributed by atoms with van der Waals surface area (Å²) in [5.41, 5.74) is 19.8. The predicted octanol–water partition coefficient (Wildman–Crippen LogP) is 19.0. The van der Waals surface area contributed by atoms with Gasteiger partial charge in [-0.1, -0.05) is 196 Å². The molecule has 342 valence electrons. The van der Waals surface area contributed by atoms with Crippen LogP contribution in [0.4, 0.5) is 11.4 Å². The van der Waals surface area contributed by atoms with Crippen LogP contribution in [0.5, 0.6) is 0 Å². The van der Waals surface area contributed by atoms with Crippen molar-refractivity contribution in [3.8, 4) is 22.3 Å². The van der Waals surface area contributed by atoms with Crippen LogP contribution in [0, 0.1) is 11.8 Å². The molecule has 1 aromatic heterocycles. The quantitative estimate of drug-likeness (QED) is 0.128. The Morgan fingerprint density at radius 3 is 1.79 bits per heavy atom. The molecule has 0 saturated heterocycles. The molecule has 3 heteroatoms. The van der Waals surface area contributed by atoms with Gasteiger partial charge in [0.1, 0.15) is 0 Å². The van der Waals surface area contributed by atoms with Crippen molar-refractivity contribution in [3.63, 3.8) is 0 Å². The Hall–Kier alpha value is -7.43. The SMILES string of the molecule is CC1C2=C3C(C)C4=C1C(C)c1sc5ccc(-c6ccccc6)cc5c1C4(C)N(c1ccccc1)c1cc(-c4ccc5c6ccccc6c6ccccc6c5c4)c4c(c1)C3(c1ccccc1S4)c1ccccc12. The van der Waals surface area contributed by atoms with E-state index in [1.165, 1.54) is 119 Å². The van der Waals surface area contributed by atoms with E-state index in [2.05, 4.69) is 239 Å². The molecule has 0 amide bonds. The molecule has 5 unspecified atom stereocenters. The van der Waals surface area contributed by atoms with E-state index in [1.54, 1.807) is 22.3 Å². The molecule has 10 aromatic carbocycles. The van der Waals surface area contributed by atoms with Crippen molar-refractivity contribution in [2.45, 2.75) is 54.4 Å². The molecule has 0 saturated carbocycles. The van der Waals surface area contributed by atoms with Gasteiger partial charge in [0.05, 0.1) is 11.0 Å². The fourth-order valence-corrected chi connectivity index (χ4v) is 17.9. The van der Waals surface area contributed by atoms with E-state index in [0.717, 1.165) is 0 Å². The summed E-state index contributed by atoms with van der Waals surface area (Å²) < 4.78 is 1.36. The number of anilines is 2. The zero-order chi connectivity index (χ0) is 47.8. The van der Waals surface area contributed by atoms with Crippen LogP contribution in [0.15, 0.2) is 233 Å². The fraction of sp³-hybridized carbons (Fsp3) is 0.130. The smallest absolute Gasteiger partial charge is 0.0912 e. The summed E-state index contributed by atoms with van der Waals surface area (Å²) in [6, 6.07) is 79.3. The first kappa shape index (κ1) is 41.2. The molecule has 1 nitrogen and oxygen atoms in total. The van der Waals surface area contributed by atoms with Crippen molar-refractivity contribution in [3.05, 3.63) is 256 Å². The van der Waals surface area contributed by atoms with E-state index in [9.17, 15) is 0 Å². The number of fused-ring (bicyclic) bond motifs is 14. The number of hydrogen-bond donors (Lipinski definition) is 0. The van der Waals surface area contributed by atoms with Gasteiger partial charge in [0, 0.05) is 54.1 Å². The Kier molecular flexibility index (Phi) is 8.36. The summed E-state index contributed by atoms with van der Waals surface area (Å²) >= 11 is 4.01. The Morgan fingerprint density at radius 2 is 1.04 bits per heavy atom. The molecule has 1 spiro atoms. The zero-order valence-electron chi connectivity index (χ0n) is 40.6. The second-order valence-corrected chi connectivity index (χ2v) is 23.3. The first-order chi connectivity index (χ1) is 35.4. The highest BCUT2D eigenvalue weighted by Gasteiger charge is 2.61. The van der Waals surface area contributed by atoms with Crippen LogP contribution < -0.4 is 4.90 Å². The minimum absolute atomic E-state index is 0.111. The lowest BCUT2D eigenvalue weighted by atomic mass is 9.55. The molecule has 5 atom stereocenters. The monoisotopic (exact) mass is 955 g/mol. The largest absolute Gasteiger partial charge is 0.328 e. The summed E-state index contributed by atoms with van der Waals surface area (Å²) in [5.74, 6) is 0.544. The van der Waals surface area contributed by atoms with E-state index in [1.807, 2.05) is 23.1 Å². The number of benzene rings is 10. The summed E-state index contributed by atoms with van der Waals surface area (Å²) in [5, 5.41) is 9.15. The Labute approximate surface area is 428 Å². The molecule has 11 aromatic rings. The summed E-state index contributed by atoms with van der Waals surface area (Å²) in [7, 11) is 0. The fourth-order valence-electron chi connectivity index (χ4n) is 15.3. The van der Waals surface area contributed by atoms with Crippen molar-refractivity contribution in [1.29, 1.82) is 0 Å². The van der Waals surface area contributed by atoms with Crippen LogP contribution in [0.1, 0.15) is 66.3 Å². The number of rotatable bonds is 3. The highest BCUT2D eigenvalue weighted by Crippen LogP contribution is 2.72. The van der Waals surface area contributed by atoms with Crippen LogP contribution in [0.3, 0.4) is 0 Å². The van der Waals surface area contributed by atoms with Crippen molar-refractivity contribution in [1.82, 2.24) is 0 Å². The van der Waals surface area contributed by atoms with Crippen LogP contribution in [-0.4, -0.2) is 0 Å². The molecule has 0 fully saturated rings. The Morgan fingerprint density at radius 1 is 0.431 bits per heavy atom. The van der Waals surface area contributed by atoms with Gasteiger partial charge < -0.3 is 4.90 Å². The van der Waals surface area contributed by atoms with Gasteiger partial charge >= 0.3 is 0 Å². The number of allylic oxidation sites excluding steroid dienone is 3. The average Bonchev–Trinajstić information content (AvgIpc) is 4.00. The van der Waals surface area contributed by atoms with Gasteiger partial charge in [0.25, 0.3) is 0 Å². The molecular weight excluding hydrogens is 907 g/mol. The maximum atomic E-state index is 2.81.